The Kier molecular flexibility index (Phi) is 7.71. The van der Waals surface area contributed by atoms with Crippen molar-refractivity contribution in [1.29, 1.82) is 0 Å². The molecule has 0 heterocycles. The van der Waals surface area contributed by atoms with E-state index >= 15 is 0 Å². The summed E-state index contributed by atoms with van der Waals surface area (Å²) in [5.74, 6) is -11.5. The number of hydrogen-bond acceptors (Lipinski definition) is 2. The Morgan fingerprint density at radius 3 is 2.11 bits per heavy atom. The zero-order valence-corrected chi connectivity index (χ0v) is 15.1. The lowest BCUT2D eigenvalue weighted by molar-refractivity contribution is -0.137. The van der Waals surface area contributed by atoms with Crippen LogP contribution < -0.4 is 0 Å². The molecule has 1 aromatic carbocycles. The first-order valence-corrected chi connectivity index (χ1v) is 9.18. The van der Waals surface area contributed by atoms with E-state index in [0.29, 0.717) is 32.1 Å². The van der Waals surface area contributed by atoms with Crippen molar-refractivity contribution in [3.8, 4) is 0 Å². The predicted molar refractivity (Wildman–Crippen MR) is 91.8 cm³/mol. The van der Waals surface area contributed by atoms with Gasteiger partial charge >= 0.3 is 5.97 Å². The Labute approximate surface area is 159 Å². The highest BCUT2D eigenvalue weighted by Crippen LogP contribution is 2.35. The fraction of sp³-hybridized carbons (Fsp3) is 0.500. The number of carbonyl (C=O) groups is 2. The molecule has 8 heteroatoms. The van der Waals surface area contributed by atoms with E-state index < -0.39 is 40.6 Å². The Morgan fingerprint density at radius 1 is 0.929 bits per heavy atom. The Morgan fingerprint density at radius 2 is 1.50 bits per heavy atom. The van der Waals surface area contributed by atoms with Gasteiger partial charge in [-0.15, -0.1) is 0 Å². The summed E-state index contributed by atoms with van der Waals surface area (Å²) >= 11 is 0. The quantitative estimate of drug-likeness (QED) is 0.259. The van der Waals surface area contributed by atoms with E-state index in [1.807, 2.05) is 0 Å². The van der Waals surface area contributed by atoms with Crippen molar-refractivity contribution in [1.82, 2.24) is 0 Å². The van der Waals surface area contributed by atoms with Gasteiger partial charge in [0.25, 0.3) is 0 Å². The normalized spacial score (nSPS) is 19.7. The van der Waals surface area contributed by atoms with Gasteiger partial charge in [0.2, 0.25) is 5.82 Å². The van der Waals surface area contributed by atoms with Crippen molar-refractivity contribution in [3.63, 3.8) is 0 Å². The van der Waals surface area contributed by atoms with Crippen molar-refractivity contribution in [2.24, 2.45) is 11.8 Å². The number of hydrogen-bond donors (Lipinski definition) is 1. The van der Waals surface area contributed by atoms with Crippen molar-refractivity contribution in [2.75, 3.05) is 0 Å². The van der Waals surface area contributed by atoms with Gasteiger partial charge in [-0.25, -0.2) is 22.0 Å². The number of Topliss-reactive ketones (excluding diaryl/α,β-unsaturated/α-hetero) is 1. The standard InChI is InChI=1S/C20H21F5O3/c21-16-13(17(22)19(24)20(25)18(16)23)9-7-11-8-10-14(26)12(11)5-3-1-2-4-6-15(27)28/h7,9,11-12H,1-6,8,10H2,(H,27,28)/t11-,12+/m1/s1. The van der Waals surface area contributed by atoms with Gasteiger partial charge in [0, 0.05) is 18.8 Å². The molecule has 28 heavy (non-hydrogen) atoms. The van der Waals surface area contributed by atoms with E-state index in [9.17, 15) is 31.5 Å². The SMILES string of the molecule is O=C(O)CCCCCC[C@@H]1C(=O)CC[C@H]1C=Cc1c(F)c(F)c(F)c(F)c1F. The summed E-state index contributed by atoms with van der Waals surface area (Å²) in [4.78, 5) is 22.5. The van der Waals surface area contributed by atoms with Crippen LogP contribution >= 0.6 is 0 Å². The lowest BCUT2D eigenvalue weighted by atomic mass is 9.89. The fourth-order valence-corrected chi connectivity index (χ4v) is 3.52. The van der Waals surface area contributed by atoms with Gasteiger partial charge < -0.3 is 5.11 Å². The predicted octanol–water partition coefficient (Wildman–Crippen LogP) is 5.42. The molecule has 1 fully saturated rings. The summed E-state index contributed by atoms with van der Waals surface area (Å²) in [6.45, 7) is 0. The molecule has 3 nitrogen and oxygen atoms in total. The molecule has 0 aromatic heterocycles. The van der Waals surface area contributed by atoms with Gasteiger partial charge in [-0.2, -0.15) is 0 Å². The molecule has 0 saturated heterocycles. The van der Waals surface area contributed by atoms with Gasteiger partial charge in [0.15, 0.2) is 23.3 Å². The van der Waals surface area contributed by atoms with E-state index in [0.717, 1.165) is 18.9 Å². The van der Waals surface area contributed by atoms with Gasteiger partial charge in [0.05, 0.1) is 5.56 Å². The number of carboxylic acid groups (broad SMARTS) is 1. The van der Waals surface area contributed by atoms with Crippen LogP contribution in [0.15, 0.2) is 6.08 Å². The Hall–Kier alpha value is -2.25. The van der Waals surface area contributed by atoms with Crippen LogP contribution in [0.4, 0.5) is 22.0 Å². The highest BCUT2D eigenvalue weighted by Gasteiger charge is 2.32. The molecular formula is C20H21F5O3. The van der Waals surface area contributed by atoms with Gasteiger partial charge in [-0.05, 0) is 25.2 Å². The lowest BCUT2D eigenvalue weighted by Gasteiger charge is -2.15. The minimum absolute atomic E-state index is 0.0117. The van der Waals surface area contributed by atoms with Crippen LogP contribution in [0.5, 0.6) is 0 Å². The van der Waals surface area contributed by atoms with Crippen molar-refractivity contribution < 1.29 is 36.6 Å². The average molecular weight is 404 g/mol. The van der Waals surface area contributed by atoms with Gasteiger partial charge in [-0.3, -0.25) is 9.59 Å². The van der Waals surface area contributed by atoms with Crippen LogP contribution in [0.3, 0.4) is 0 Å². The highest BCUT2D eigenvalue weighted by molar-refractivity contribution is 5.84. The molecule has 0 radical (unpaired) electrons. The summed E-state index contributed by atoms with van der Waals surface area (Å²) in [6, 6.07) is 0. The monoisotopic (exact) mass is 404 g/mol. The summed E-state index contributed by atoms with van der Waals surface area (Å²) in [5.41, 5.74) is -1.01. The average Bonchev–Trinajstić information content (AvgIpc) is 3.01. The Balaban J connectivity index is 2.01. The van der Waals surface area contributed by atoms with Crippen LogP contribution in [0.2, 0.25) is 0 Å². The molecule has 0 unspecified atom stereocenters. The van der Waals surface area contributed by atoms with Crippen molar-refractivity contribution in [3.05, 3.63) is 40.7 Å². The van der Waals surface area contributed by atoms with Gasteiger partial charge in [0.1, 0.15) is 5.78 Å². The number of rotatable bonds is 9. The van der Waals surface area contributed by atoms with Crippen LogP contribution in [-0.2, 0) is 9.59 Å². The minimum atomic E-state index is -2.20. The molecule has 1 aliphatic rings. The smallest absolute Gasteiger partial charge is 0.303 e. The maximum atomic E-state index is 13.7. The third-order valence-corrected chi connectivity index (χ3v) is 5.06. The number of ketones is 1. The summed E-state index contributed by atoms with van der Waals surface area (Å²) in [7, 11) is 0. The second-order valence-electron chi connectivity index (χ2n) is 6.96. The topological polar surface area (TPSA) is 54.4 Å². The first-order valence-electron chi connectivity index (χ1n) is 9.18. The van der Waals surface area contributed by atoms with Crippen LogP contribution in [0.1, 0.15) is 56.9 Å². The molecular weight excluding hydrogens is 383 g/mol. The molecule has 0 bridgehead atoms. The van der Waals surface area contributed by atoms with Crippen molar-refractivity contribution in [2.45, 2.75) is 51.4 Å². The zero-order chi connectivity index (χ0) is 20.8. The zero-order valence-electron chi connectivity index (χ0n) is 15.1. The van der Waals surface area contributed by atoms with Crippen LogP contribution in [0, 0.1) is 40.9 Å². The maximum absolute atomic E-state index is 13.7. The minimum Gasteiger partial charge on any atom is -0.481 e. The first kappa shape index (κ1) is 22.0. The van der Waals surface area contributed by atoms with E-state index in [1.54, 1.807) is 0 Å². The number of carboxylic acids is 1. The molecule has 0 amide bonds. The van der Waals surface area contributed by atoms with Crippen molar-refractivity contribution >= 4 is 17.8 Å². The molecule has 154 valence electrons. The van der Waals surface area contributed by atoms with E-state index in [2.05, 4.69) is 0 Å². The molecule has 0 spiro atoms. The molecule has 1 aromatic rings. The summed E-state index contributed by atoms with van der Waals surface area (Å²) in [5, 5.41) is 8.58. The molecule has 2 atom stereocenters. The molecule has 2 rings (SSSR count). The Bertz CT molecular complexity index is 747. The summed E-state index contributed by atoms with van der Waals surface area (Å²) in [6.07, 6.45) is 6.32. The molecule has 1 N–H and O–H groups in total. The summed E-state index contributed by atoms with van der Waals surface area (Å²) < 4.78 is 67.1. The van der Waals surface area contributed by atoms with Gasteiger partial charge in [-0.1, -0.05) is 31.4 Å². The molecule has 0 aliphatic heterocycles. The fourth-order valence-electron chi connectivity index (χ4n) is 3.52. The van der Waals surface area contributed by atoms with Crippen LogP contribution in [-0.4, -0.2) is 16.9 Å². The second-order valence-corrected chi connectivity index (χ2v) is 6.96. The first-order chi connectivity index (χ1) is 13.2. The molecule has 1 saturated carbocycles. The third kappa shape index (κ3) is 5.17. The second kappa shape index (κ2) is 9.80. The third-order valence-electron chi connectivity index (χ3n) is 5.06. The number of carbonyl (C=O) groups excluding carboxylic acids is 1. The molecule has 1 aliphatic carbocycles. The number of allylic oxidation sites excluding steroid dienone is 1. The largest absolute Gasteiger partial charge is 0.481 e. The van der Waals surface area contributed by atoms with E-state index in [-0.39, 0.29) is 24.0 Å². The number of benzene rings is 1. The number of aliphatic carboxylic acids is 1. The maximum Gasteiger partial charge on any atom is 0.303 e. The van der Waals surface area contributed by atoms with Crippen LogP contribution in [0.25, 0.3) is 6.08 Å². The number of halogens is 5. The van der Waals surface area contributed by atoms with E-state index in [4.69, 9.17) is 5.11 Å². The number of unbranched alkanes of at least 4 members (excludes halogenated alkanes) is 3. The van der Waals surface area contributed by atoms with E-state index in [1.165, 1.54) is 6.08 Å². The highest BCUT2D eigenvalue weighted by atomic mass is 19.2. The lowest BCUT2D eigenvalue weighted by Crippen LogP contribution is -2.13.